The third kappa shape index (κ3) is 3.66. The van der Waals surface area contributed by atoms with Gasteiger partial charge in [0.25, 0.3) is 0 Å². The van der Waals surface area contributed by atoms with Crippen LogP contribution in [0.15, 0.2) is 0 Å². The molecule has 17 heavy (non-hydrogen) atoms. The first kappa shape index (κ1) is 12.8. The molecule has 1 fully saturated rings. The fourth-order valence-electron chi connectivity index (χ4n) is 2.03. The van der Waals surface area contributed by atoms with Crippen molar-refractivity contribution in [2.24, 2.45) is 0 Å². The van der Waals surface area contributed by atoms with Gasteiger partial charge >= 0.3 is 0 Å². The molecule has 2 rings (SSSR count). The summed E-state index contributed by atoms with van der Waals surface area (Å²) in [6, 6.07) is 0. The standard InChI is InChI=1S/C12H21N3OS/c1-2-3-4-11-10(14-12(13)17-11)9-15-5-7-16-8-6-15/h2-9H2,1H3,(H2,13,14). The number of nitrogens with two attached hydrogens (primary N) is 1. The van der Waals surface area contributed by atoms with E-state index in [0.29, 0.717) is 5.13 Å². The molecule has 1 aromatic heterocycles. The molecule has 96 valence electrons. The highest BCUT2D eigenvalue weighted by Crippen LogP contribution is 2.24. The molecule has 1 aliphatic rings. The quantitative estimate of drug-likeness (QED) is 0.873. The summed E-state index contributed by atoms with van der Waals surface area (Å²) < 4.78 is 5.35. The van der Waals surface area contributed by atoms with E-state index >= 15 is 0 Å². The Labute approximate surface area is 107 Å². The summed E-state index contributed by atoms with van der Waals surface area (Å²) in [5.74, 6) is 0. The second kappa shape index (κ2) is 6.33. The number of ether oxygens (including phenoxy) is 1. The summed E-state index contributed by atoms with van der Waals surface area (Å²) in [6.07, 6.45) is 3.55. The molecule has 1 aromatic rings. The van der Waals surface area contributed by atoms with Crippen molar-refractivity contribution in [2.75, 3.05) is 32.0 Å². The van der Waals surface area contributed by atoms with Crippen molar-refractivity contribution in [1.82, 2.24) is 9.88 Å². The van der Waals surface area contributed by atoms with Gasteiger partial charge in [0.15, 0.2) is 5.13 Å². The number of unbranched alkanes of at least 4 members (excludes halogenated alkanes) is 1. The van der Waals surface area contributed by atoms with Crippen LogP contribution >= 0.6 is 11.3 Å². The fourth-order valence-corrected chi connectivity index (χ4v) is 2.91. The Hall–Kier alpha value is -0.650. The van der Waals surface area contributed by atoms with E-state index in [1.807, 2.05) is 0 Å². The molecule has 0 saturated carbocycles. The van der Waals surface area contributed by atoms with Gasteiger partial charge in [-0.1, -0.05) is 13.3 Å². The minimum atomic E-state index is 0.708. The number of hydrogen-bond donors (Lipinski definition) is 1. The number of rotatable bonds is 5. The molecule has 0 spiro atoms. The minimum absolute atomic E-state index is 0.708. The first-order chi connectivity index (χ1) is 8.29. The van der Waals surface area contributed by atoms with Gasteiger partial charge in [-0.2, -0.15) is 0 Å². The predicted molar refractivity (Wildman–Crippen MR) is 71.2 cm³/mol. The van der Waals surface area contributed by atoms with Gasteiger partial charge in [-0.15, -0.1) is 11.3 Å². The van der Waals surface area contributed by atoms with Crippen molar-refractivity contribution in [3.05, 3.63) is 10.6 Å². The molecule has 0 aromatic carbocycles. The number of aryl methyl sites for hydroxylation is 1. The molecule has 1 aliphatic heterocycles. The number of thiazole rings is 1. The van der Waals surface area contributed by atoms with E-state index in [4.69, 9.17) is 10.5 Å². The Balaban J connectivity index is 1.97. The van der Waals surface area contributed by atoms with Crippen LogP contribution in [0.2, 0.25) is 0 Å². The van der Waals surface area contributed by atoms with Crippen LogP contribution in [0.5, 0.6) is 0 Å². The maximum atomic E-state index is 5.82. The molecule has 0 aliphatic carbocycles. The van der Waals surface area contributed by atoms with Gasteiger partial charge < -0.3 is 10.5 Å². The minimum Gasteiger partial charge on any atom is -0.379 e. The van der Waals surface area contributed by atoms with Crippen LogP contribution in [0.3, 0.4) is 0 Å². The topological polar surface area (TPSA) is 51.4 Å². The lowest BCUT2D eigenvalue weighted by atomic mass is 10.2. The lowest BCUT2D eigenvalue weighted by Crippen LogP contribution is -2.35. The van der Waals surface area contributed by atoms with Crippen molar-refractivity contribution < 1.29 is 4.74 Å². The van der Waals surface area contributed by atoms with Gasteiger partial charge in [0.1, 0.15) is 0 Å². The van der Waals surface area contributed by atoms with E-state index in [0.717, 1.165) is 39.3 Å². The Morgan fingerprint density at radius 2 is 2.18 bits per heavy atom. The molecular weight excluding hydrogens is 234 g/mol. The number of nitrogens with zero attached hydrogens (tertiary/aromatic N) is 2. The third-order valence-electron chi connectivity index (χ3n) is 3.03. The largest absolute Gasteiger partial charge is 0.379 e. The summed E-state index contributed by atoms with van der Waals surface area (Å²) in [6.45, 7) is 6.82. The third-order valence-corrected chi connectivity index (χ3v) is 4.02. The van der Waals surface area contributed by atoms with E-state index in [1.165, 1.54) is 23.4 Å². The predicted octanol–water partition coefficient (Wildman–Crippen LogP) is 1.90. The molecule has 0 atom stereocenters. The zero-order chi connectivity index (χ0) is 12.1. The fraction of sp³-hybridized carbons (Fsp3) is 0.750. The normalized spacial score (nSPS) is 17.5. The maximum absolute atomic E-state index is 5.82. The highest BCUT2D eigenvalue weighted by atomic mass is 32.1. The Kier molecular flexibility index (Phi) is 4.76. The summed E-state index contributed by atoms with van der Waals surface area (Å²) >= 11 is 1.65. The molecule has 2 N–H and O–H groups in total. The Morgan fingerprint density at radius 1 is 1.41 bits per heavy atom. The zero-order valence-electron chi connectivity index (χ0n) is 10.4. The zero-order valence-corrected chi connectivity index (χ0v) is 11.3. The molecule has 0 amide bonds. The highest BCUT2D eigenvalue weighted by Gasteiger charge is 2.15. The van der Waals surface area contributed by atoms with Gasteiger partial charge in [-0.3, -0.25) is 4.90 Å². The van der Waals surface area contributed by atoms with Crippen molar-refractivity contribution in [2.45, 2.75) is 32.7 Å². The first-order valence-electron chi connectivity index (χ1n) is 6.33. The van der Waals surface area contributed by atoms with Crippen LogP contribution in [-0.4, -0.2) is 36.2 Å². The van der Waals surface area contributed by atoms with E-state index in [2.05, 4.69) is 16.8 Å². The molecule has 5 heteroatoms. The Bertz CT molecular complexity index is 348. The van der Waals surface area contributed by atoms with Gasteiger partial charge in [-0.05, 0) is 12.8 Å². The van der Waals surface area contributed by atoms with Crippen LogP contribution < -0.4 is 5.73 Å². The molecule has 4 nitrogen and oxygen atoms in total. The average Bonchev–Trinajstić information content (AvgIpc) is 2.68. The van der Waals surface area contributed by atoms with Crippen LogP contribution in [0.4, 0.5) is 5.13 Å². The van der Waals surface area contributed by atoms with Crippen molar-refractivity contribution in [3.63, 3.8) is 0 Å². The number of nitrogen functional groups attached to an aromatic ring is 1. The van der Waals surface area contributed by atoms with Crippen LogP contribution in [0.25, 0.3) is 0 Å². The highest BCUT2D eigenvalue weighted by molar-refractivity contribution is 7.15. The van der Waals surface area contributed by atoms with Crippen molar-refractivity contribution >= 4 is 16.5 Å². The van der Waals surface area contributed by atoms with E-state index in [9.17, 15) is 0 Å². The number of anilines is 1. The molecular formula is C12H21N3OS. The van der Waals surface area contributed by atoms with Gasteiger partial charge in [0.2, 0.25) is 0 Å². The number of hydrogen-bond acceptors (Lipinski definition) is 5. The van der Waals surface area contributed by atoms with Crippen molar-refractivity contribution in [1.29, 1.82) is 0 Å². The van der Waals surface area contributed by atoms with E-state index in [-0.39, 0.29) is 0 Å². The number of aromatic nitrogens is 1. The molecule has 0 bridgehead atoms. The summed E-state index contributed by atoms with van der Waals surface area (Å²) in [5.41, 5.74) is 7.00. The molecule has 0 unspecified atom stereocenters. The van der Waals surface area contributed by atoms with Crippen molar-refractivity contribution in [3.8, 4) is 0 Å². The molecule has 2 heterocycles. The molecule has 1 saturated heterocycles. The second-order valence-corrected chi connectivity index (χ2v) is 5.53. The summed E-state index contributed by atoms with van der Waals surface area (Å²) in [7, 11) is 0. The maximum Gasteiger partial charge on any atom is 0.180 e. The lowest BCUT2D eigenvalue weighted by Gasteiger charge is -2.26. The smallest absolute Gasteiger partial charge is 0.180 e. The van der Waals surface area contributed by atoms with Gasteiger partial charge in [0, 0.05) is 24.5 Å². The van der Waals surface area contributed by atoms with Crippen LogP contribution in [0, 0.1) is 0 Å². The second-order valence-electron chi connectivity index (χ2n) is 4.41. The molecule has 0 radical (unpaired) electrons. The van der Waals surface area contributed by atoms with Crippen LogP contribution in [-0.2, 0) is 17.7 Å². The van der Waals surface area contributed by atoms with E-state index < -0.39 is 0 Å². The summed E-state index contributed by atoms with van der Waals surface area (Å²) in [4.78, 5) is 8.24. The Morgan fingerprint density at radius 3 is 2.88 bits per heavy atom. The monoisotopic (exact) mass is 255 g/mol. The van der Waals surface area contributed by atoms with Gasteiger partial charge in [-0.25, -0.2) is 4.98 Å². The SMILES string of the molecule is CCCCc1sc(N)nc1CN1CCOCC1. The van der Waals surface area contributed by atoms with Gasteiger partial charge in [0.05, 0.1) is 18.9 Å². The summed E-state index contributed by atoms with van der Waals surface area (Å²) in [5, 5.41) is 0.708. The first-order valence-corrected chi connectivity index (χ1v) is 7.15. The number of morpholine rings is 1. The lowest BCUT2D eigenvalue weighted by molar-refractivity contribution is 0.0336. The van der Waals surface area contributed by atoms with Crippen LogP contribution in [0.1, 0.15) is 30.3 Å². The van der Waals surface area contributed by atoms with E-state index in [1.54, 1.807) is 11.3 Å². The average molecular weight is 255 g/mol.